The van der Waals surface area contributed by atoms with Gasteiger partial charge in [-0.25, -0.2) is 15.0 Å². The number of fused-ring (bicyclic) bond motifs is 6. The van der Waals surface area contributed by atoms with Crippen molar-refractivity contribution in [2.75, 3.05) is 0 Å². The third-order valence-electron chi connectivity index (χ3n) is 10.8. The van der Waals surface area contributed by atoms with E-state index in [9.17, 15) is 0 Å². The van der Waals surface area contributed by atoms with Crippen LogP contribution in [0.3, 0.4) is 0 Å². The Labute approximate surface area is 323 Å². The molecule has 0 radical (unpaired) electrons. The summed E-state index contributed by atoms with van der Waals surface area (Å²) >= 11 is 0. The van der Waals surface area contributed by atoms with Gasteiger partial charge in [0.1, 0.15) is 0 Å². The summed E-state index contributed by atoms with van der Waals surface area (Å²) in [5, 5.41) is 4.94. The summed E-state index contributed by atoms with van der Waals surface area (Å²) in [6.45, 7) is 0. The summed E-state index contributed by atoms with van der Waals surface area (Å²) in [4.78, 5) is 14.9. The number of rotatable bonds is 6. The summed E-state index contributed by atoms with van der Waals surface area (Å²) in [6, 6.07) is 70.6. The monoisotopic (exact) mass is 715 g/mol. The zero-order valence-corrected chi connectivity index (χ0v) is 30.3. The molecule has 0 aliphatic rings. The second-order valence-corrected chi connectivity index (χ2v) is 14.1. The molecule has 3 aromatic heterocycles. The van der Waals surface area contributed by atoms with Crippen LogP contribution in [-0.2, 0) is 0 Å². The van der Waals surface area contributed by atoms with Crippen molar-refractivity contribution in [2.24, 2.45) is 0 Å². The fraction of sp³-hybridized carbons (Fsp3) is 0. The lowest BCUT2D eigenvalue weighted by Crippen LogP contribution is -2.01. The molecule has 3 heterocycles. The van der Waals surface area contributed by atoms with Crippen LogP contribution in [0.15, 0.2) is 200 Å². The largest absolute Gasteiger partial charge is 0.309 e. The molecule has 262 valence electrons. The number of nitrogens with zero attached hydrogens (tertiary/aromatic N) is 5. The van der Waals surface area contributed by atoms with Crippen LogP contribution in [0.2, 0.25) is 0 Å². The van der Waals surface area contributed by atoms with Crippen molar-refractivity contribution >= 4 is 43.6 Å². The van der Waals surface area contributed by atoms with E-state index in [0.29, 0.717) is 17.5 Å². The molecule has 0 unspecified atom stereocenters. The Bertz CT molecular complexity index is 2940. The normalized spacial score (nSPS) is 11.6. The summed E-state index contributed by atoms with van der Waals surface area (Å²) in [7, 11) is 0. The van der Waals surface area contributed by atoms with Gasteiger partial charge in [0.05, 0.1) is 22.1 Å². The van der Waals surface area contributed by atoms with Gasteiger partial charge in [0.15, 0.2) is 17.5 Å². The van der Waals surface area contributed by atoms with E-state index in [0.717, 1.165) is 39.2 Å². The first-order valence-corrected chi connectivity index (χ1v) is 18.9. The van der Waals surface area contributed by atoms with Gasteiger partial charge >= 0.3 is 0 Å². The lowest BCUT2D eigenvalue weighted by molar-refractivity contribution is 1.07. The van der Waals surface area contributed by atoms with E-state index in [1.54, 1.807) is 0 Å². The van der Waals surface area contributed by atoms with Gasteiger partial charge in [-0.1, -0.05) is 158 Å². The van der Waals surface area contributed by atoms with Crippen molar-refractivity contribution in [3.8, 4) is 56.7 Å². The van der Waals surface area contributed by atoms with Crippen LogP contribution < -0.4 is 0 Å². The molecule has 11 rings (SSSR count). The Balaban J connectivity index is 1.11. The molecular weight excluding hydrogens is 683 g/mol. The molecule has 11 aromatic rings. The molecule has 0 spiro atoms. The number of hydrogen-bond donors (Lipinski definition) is 0. The third-order valence-corrected chi connectivity index (χ3v) is 10.8. The Morgan fingerprint density at radius 1 is 0.250 bits per heavy atom. The summed E-state index contributed by atoms with van der Waals surface area (Å²) in [5.41, 5.74) is 11.9. The predicted molar refractivity (Wildman–Crippen MR) is 230 cm³/mol. The molecule has 0 saturated carbocycles. The molecule has 0 N–H and O–H groups in total. The Morgan fingerprint density at radius 3 is 0.929 bits per heavy atom. The number of aromatic nitrogens is 5. The van der Waals surface area contributed by atoms with Crippen LogP contribution in [0.1, 0.15) is 0 Å². The van der Waals surface area contributed by atoms with E-state index in [1.165, 1.54) is 43.6 Å². The van der Waals surface area contributed by atoms with Crippen LogP contribution in [0.25, 0.3) is 100 Å². The van der Waals surface area contributed by atoms with Gasteiger partial charge in [0.25, 0.3) is 0 Å². The zero-order valence-electron chi connectivity index (χ0n) is 30.3. The second kappa shape index (κ2) is 13.0. The maximum atomic E-state index is 4.98. The van der Waals surface area contributed by atoms with Gasteiger partial charge < -0.3 is 9.13 Å². The van der Waals surface area contributed by atoms with Gasteiger partial charge in [0, 0.05) is 49.6 Å². The van der Waals surface area contributed by atoms with Crippen LogP contribution in [-0.4, -0.2) is 24.1 Å². The summed E-state index contributed by atoms with van der Waals surface area (Å²) in [5.74, 6) is 1.93. The van der Waals surface area contributed by atoms with Gasteiger partial charge in [-0.2, -0.15) is 0 Å². The maximum Gasteiger partial charge on any atom is 0.164 e. The van der Waals surface area contributed by atoms with Crippen LogP contribution in [0.4, 0.5) is 0 Å². The topological polar surface area (TPSA) is 48.5 Å². The van der Waals surface area contributed by atoms with Crippen molar-refractivity contribution in [2.45, 2.75) is 0 Å². The lowest BCUT2D eigenvalue weighted by Gasteiger charge is -2.16. The standard InChI is InChI=1S/C51H33N5/c1-3-15-35(16-4-1)49-52-50(36-17-5-2-6-18-36)54-51(53-49)37-29-27-34(28-30-37)38-31-39(55-45-23-11-7-19-41(45)42-20-8-12-24-46(42)55)33-40(32-38)56-47-25-13-9-21-43(47)44-22-10-14-26-48(44)56/h1-33H. The molecular formula is C51H33N5. The van der Waals surface area contributed by atoms with Crippen molar-refractivity contribution in [3.63, 3.8) is 0 Å². The fourth-order valence-corrected chi connectivity index (χ4v) is 8.17. The first-order valence-electron chi connectivity index (χ1n) is 18.9. The number of benzene rings is 8. The zero-order chi connectivity index (χ0) is 37.0. The molecule has 5 heteroatoms. The van der Waals surface area contributed by atoms with Crippen molar-refractivity contribution in [1.29, 1.82) is 0 Å². The van der Waals surface area contributed by atoms with Gasteiger partial charge in [-0.05, 0) is 53.6 Å². The van der Waals surface area contributed by atoms with Crippen molar-refractivity contribution in [3.05, 3.63) is 200 Å². The van der Waals surface area contributed by atoms with E-state index < -0.39 is 0 Å². The molecule has 8 aromatic carbocycles. The summed E-state index contributed by atoms with van der Waals surface area (Å²) < 4.78 is 4.81. The highest BCUT2D eigenvalue weighted by molar-refractivity contribution is 6.10. The Morgan fingerprint density at radius 2 is 0.554 bits per heavy atom. The molecule has 56 heavy (non-hydrogen) atoms. The molecule has 0 amide bonds. The average molecular weight is 716 g/mol. The molecule has 0 bridgehead atoms. The third kappa shape index (κ3) is 5.29. The SMILES string of the molecule is c1ccc(-c2nc(-c3ccccc3)nc(-c3ccc(-c4cc(-n5c6ccccc6c6ccccc65)cc(-n5c6ccccc6c6ccccc65)c4)cc3)n2)cc1. The van der Waals surface area contributed by atoms with Gasteiger partial charge in [0.2, 0.25) is 0 Å². The van der Waals surface area contributed by atoms with Crippen LogP contribution >= 0.6 is 0 Å². The van der Waals surface area contributed by atoms with Gasteiger partial charge in [-0.15, -0.1) is 0 Å². The molecule has 0 aliphatic heterocycles. The molecule has 0 fully saturated rings. The quantitative estimate of drug-likeness (QED) is 0.172. The number of para-hydroxylation sites is 4. The van der Waals surface area contributed by atoms with E-state index in [-0.39, 0.29) is 0 Å². The lowest BCUT2D eigenvalue weighted by atomic mass is 10.0. The summed E-state index contributed by atoms with van der Waals surface area (Å²) in [6.07, 6.45) is 0. The highest BCUT2D eigenvalue weighted by Crippen LogP contribution is 2.38. The van der Waals surface area contributed by atoms with E-state index in [2.05, 4.69) is 149 Å². The Hall–Kier alpha value is -7.63. The van der Waals surface area contributed by atoms with Crippen LogP contribution in [0.5, 0.6) is 0 Å². The second-order valence-electron chi connectivity index (χ2n) is 14.1. The van der Waals surface area contributed by atoms with Gasteiger partial charge in [-0.3, -0.25) is 0 Å². The molecule has 0 atom stereocenters. The molecule has 5 nitrogen and oxygen atoms in total. The minimum absolute atomic E-state index is 0.634. The van der Waals surface area contributed by atoms with E-state index >= 15 is 0 Å². The predicted octanol–water partition coefficient (Wildman–Crippen LogP) is 12.7. The maximum absolute atomic E-state index is 4.98. The fourth-order valence-electron chi connectivity index (χ4n) is 8.17. The highest BCUT2D eigenvalue weighted by Gasteiger charge is 2.18. The van der Waals surface area contributed by atoms with E-state index in [4.69, 9.17) is 15.0 Å². The molecule has 0 aliphatic carbocycles. The van der Waals surface area contributed by atoms with Crippen LogP contribution in [0, 0.1) is 0 Å². The van der Waals surface area contributed by atoms with Crippen molar-refractivity contribution < 1.29 is 0 Å². The number of hydrogen-bond acceptors (Lipinski definition) is 3. The first kappa shape index (κ1) is 31.9. The first-order chi connectivity index (χ1) is 27.8. The van der Waals surface area contributed by atoms with E-state index in [1.807, 2.05) is 60.7 Å². The average Bonchev–Trinajstić information content (AvgIpc) is 3.80. The molecule has 0 saturated heterocycles. The smallest absolute Gasteiger partial charge is 0.164 e. The van der Waals surface area contributed by atoms with Crippen molar-refractivity contribution in [1.82, 2.24) is 24.1 Å². The Kier molecular flexibility index (Phi) is 7.42. The highest BCUT2D eigenvalue weighted by atomic mass is 15.0. The minimum Gasteiger partial charge on any atom is -0.309 e. The minimum atomic E-state index is 0.634.